The first kappa shape index (κ1) is 12.4. The summed E-state index contributed by atoms with van der Waals surface area (Å²) < 4.78 is 5.00. The van der Waals surface area contributed by atoms with Crippen LogP contribution in [-0.4, -0.2) is 36.4 Å². The number of rotatable bonds is 5. The summed E-state index contributed by atoms with van der Waals surface area (Å²) >= 11 is 0. The summed E-state index contributed by atoms with van der Waals surface area (Å²) in [5.41, 5.74) is -0.831. The Morgan fingerprint density at radius 2 is 2.15 bits per heavy atom. The van der Waals surface area contributed by atoms with E-state index >= 15 is 0 Å². The van der Waals surface area contributed by atoms with E-state index in [2.05, 4.69) is 5.32 Å². The predicted octanol–water partition coefficient (Wildman–Crippen LogP) is 0.298. The number of aliphatic hydroxyl groups excluding tert-OH is 1. The molecule has 0 radical (unpaired) electrons. The van der Waals surface area contributed by atoms with E-state index in [4.69, 9.17) is 9.84 Å². The molecule has 0 fully saturated rings. The van der Waals surface area contributed by atoms with Gasteiger partial charge in [0.25, 0.3) is 5.91 Å². The zero-order chi connectivity index (χ0) is 10.5. The van der Waals surface area contributed by atoms with Gasteiger partial charge in [-0.15, -0.1) is 0 Å². The van der Waals surface area contributed by atoms with Crippen molar-refractivity contribution in [1.82, 2.24) is 5.32 Å². The van der Waals surface area contributed by atoms with E-state index in [1.165, 1.54) is 7.11 Å². The topological polar surface area (TPSA) is 58.6 Å². The maximum atomic E-state index is 11.5. The summed E-state index contributed by atoms with van der Waals surface area (Å²) in [7, 11) is 1.49. The number of carbonyl (C=O) groups is 1. The molecule has 0 unspecified atom stereocenters. The van der Waals surface area contributed by atoms with Crippen LogP contribution in [0.1, 0.15) is 27.2 Å². The second-order valence-electron chi connectivity index (χ2n) is 3.48. The molecule has 4 nitrogen and oxygen atoms in total. The number of hydrogen-bond acceptors (Lipinski definition) is 3. The molecule has 4 heteroatoms. The predicted molar refractivity (Wildman–Crippen MR) is 50.4 cm³/mol. The van der Waals surface area contributed by atoms with Gasteiger partial charge in [0.05, 0.1) is 12.6 Å². The lowest BCUT2D eigenvalue weighted by Crippen LogP contribution is -2.48. The van der Waals surface area contributed by atoms with Crippen molar-refractivity contribution in [2.75, 3.05) is 13.7 Å². The maximum Gasteiger partial charge on any atom is 0.251 e. The van der Waals surface area contributed by atoms with Gasteiger partial charge in [-0.3, -0.25) is 4.79 Å². The molecule has 0 bridgehead atoms. The first-order valence-electron chi connectivity index (χ1n) is 4.45. The molecule has 2 N–H and O–H groups in total. The lowest BCUT2D eigenvalue weighted by Gasteiger charge is -2.24. The molecule has 1 amide bonds. The van der Waals surface area contributed by atoms with Gasteiger partial charge in [-0.25, -0.2) is 0 Å². The standard InChI is InChI=1S/C9H19NO3/c1-5-7(6-11)10-8(12)9(2,3)13-4/h7,11H,5-6H2,1-4H3,(H,10,12)/t7-/m0/s1. The van der Waals surface area contributed by atoms with Crippen LogP contribution in [-0.2, 0) is 9.53 Å². The van der Waals surface area contributed by atoms with Gasteiger partial charge in [-0.2, -0.15) is 0 Å². The molecule has 0 aliphatic heterocycles. The Kier molecular flexibility index (Phi) is 4.95. The highest BCUT2D eigenvalue weighted by atomic mass is 16.5. The number of methoxy groups -OCH3 is 1. The minimum absolute atomic E-state index is 0.0396. The van der Waals surface area contributed by atoms with Gasteiger partial charge in [0.15, 0.2) is 0 Å². The van der Waals surface area contributed by atoms with E-state index < -0.39 is 5.60 Å². The van der Waals surface area contributed by atoms with Crippen molar-refractivity contribution in [2.45, 2.75) is 38.8 Å². The van der Waals surface area contributed by atoms with Crippen molar-refractivity contribution in [3.05, 3.63) is 0 Å². The fourth-order valence-electron chi connectivity index (χ4n) is 0.729. The molecule has 0 aliphatic rings. The fraction of sp³-hybridized carbons (Fsp3) is 0.889. The lowest BCUT2D eigenvalue weighted by atomic mass is 10.1. The molecular weight excluding hydrogens is 170 g/mol. The first-order valence-corrected chi connectivity index (χ1v) is 4.45. The third kappa shape index (κ3) is 3.74. The number of ether oxygens (including phenoxy) is 1. The average molecular weight is 189 g/mol. The Morgan fingerprint density at radius 1 is 1.62 bits per heavy atom. The van der Waals surface area contributed by atoms with Crippen LogP contribution in [0.25, 0.3) is 0 Å². The Morgan fingerprint density at radius 3 is 2.46 bits per heavy atom. The van der Waals surface area contributed by atoms with Crippen LogP contribution in [0.15, 0.2) is 0 Å². The summed E-state index contributed by atoms with van der Waals surface area (Å²) in [6, 6.07) is -0.179. The van der Waals surface area contributed by atoms with E-state index in [-0.39, 0.29) is 18.6 Å². The van der Waals surface area contributed by atoms with Crippen molar-refractivity contribution in [3.8, 4) is 0 Å². The van der Waals surface area contributed by atoms with Crippen molar-refractivity contribution in [1.29, 1.82) is 0 Å². The van der Waals surface area contributed by atoms with E-state index in [0.717, 1.165) is 0 Å². The molecule has 0 saturated carbocycles. The summed E-state index contributed by atoms with van der Waals surface area (Å²) in [5.74, 6) is -0.198. The van der Waals surface area contributed by atoms with Gasteiger partial charge in [0.1, 0.15) is 5.60 Å². The van der Waals surface area contributed by atoms with Crippen molar-refractivity contribution in [2.24, 2.45) is 0 Å². The highest BCUT2D eigenvalue weighted by Crippen LogP contribution is 2.07. The molecule has 1 atom stereocenters. The van der Waals surface area contributed by atoms with Gasteiger partial charge < -0.3 is 15.2 Å². The van der Waals surface area contributed by atoms with Gasteiger partial charge >= 0.3 is 0 Å². The Labute approximate surface area is 79.3 Å². The van der Waals surface area contributed by atoms with E-state index in [1.807, 2.05) is 6.92 Å². The molecule has 13 heavy (non-hydrogen) atoms. The van der Waals surface area contributed by atoms with Crippen LogP contribution in [0, 0.1) is 0 Å². The average Bonchev–Trinajstić information content (AvgIpc) is 2.13. The molecule has 0 aromatic carbocycles. The number of hydrogen-bond donors (Lipinski definition) is 2. The largest absolute Gasteiger partial charge is 0.394 e. The number of aliphatic hydroxyl groups is 1. The maximum absolute atomic E-state index is 11.5. The van der Waals surface area contributed by atoms with Gasteiger partial charge in [-0.05, 0) is 20.3 Å². The molecular formula is C9H19NO3. The van der Waals surface area contributed by atoms with Crippen LogP contribution in [0.5, 0.6) is 0 Å². The third-order valence-corrected chi connectivity index (χ3v) is 2.11. The van der Waals surface area contributed by atoms with E-state index in [0.29, 0.717) is 6.42 Å². The van der Waals surface area contributed by atoms with Crippen LogP contribution >= 0.6 is 0 Å². The van der Waals surface area contributed by atoms with Crippen molar-refractivity contribution in [3.63, 3.8) is 0 Å². The first-order chi connectivity index (χ1) is 5.97. The minimum atomic E-state index is -0.831. The Bertz CT molecular complexity index is 164. The summed E-state index contributed by atoms with van der Waals surface area (Å²) in [6.07, 6.45) is 0.710. The zero-order valence-corrected chi connectivity index (χ0v) is 8.76. The molecule has 0 aromatic heterocycles. The van der Waals surface area contributed by atoms with Crippen LogP contribution in [0.4, 0.5) is 0 Å². The molecule has 0 rings (SSSR count). The molecule has 0 aromatic rings. The highest BCUT2D eigenvalue weighted by Gasteiger charge is 2.28. The second-order valence-corrected chi connectivity index (χ2v) is 3.48. The van der Waals surface area contributed by atoms with Gasteiger partial charge in [0, 0.05) is 7.11 Å². The normalized spacial score (nSPS) is 13.9. The smallest absolute Gasteiger partial charge is 0.251 e. The SMILES string of the molecule is CC[C@@H](CO)NC(=O)C(C)(C)OC. The monoisotopic (exact) mass is 189 g/mol. The van der Waals surface area contributed by atoms with Gasteiger partial charge in [0.2, 0.25) is 0 Å². The fourth-order valence-corrected chi connectivity index (χ4v) is 0.729. The van der Waals surface area contributed by atoms with Crippen molar-refractivity contribution < 1.29 is 14.6 Å². The van der Waals surface area contributed by atoms with E-state index in [9.17, 15) is 4.79 Å². The van der Waals surface area contributed by atoms with Crippen LogP contribution in [0.3, 0.4) is 0 Å². The molecule has 78 valence electrons. The molecule has 0 spiro atoms. The number of amides is 1. The quantitative estimate of drug-likeness (QED) is 0.654. The minimum Gasteiger partial charge on any atom is -0.394 e. The van der Waals surface area contributed by atoms with Crippen LogP contribution < -0.4 is 5.32 Å². The Balaban J connectivity index is 4.13. The third-order valence-electron chi connectivity index (χ3n) is 2.11. The highest BCUT2D eigenvalue weighted by molar-refractivity contribution is 5.84. The van der Waals surface area contributed by atoms with Crippen LogP contribution in [0.2, 0.25) is 0 Å². The van der Waals surface area contributed by atoms with Gasteiger partial charge in [-0.1, -0.05) is 6.92 Å². The second kappa shape index (κ2) is 5.19. The number of carbonyl (C=O) groups excluding carboxylic acids is 1. The van der Waals surface area contributed by atoms with E-state index in [1.54, 1.807) is 13.8 Å². The Hall–Kier alpha value is -0.610. The summed E-state index contributed by atoms with van der Waals surface area (Å²) in [4.78, 5) is 11.5. The summed E-state index contributed by atoms with van der Waals surface area (Å²) in [6.45, 7) is 5.24. The lowest BCUT2D eigenvalue weighted by molar-refractivity contribution is -0.140. The molecule has 0 saturated heterocycles. The number of nitrogens with one attached hydrogen (secondary N) is 1. The zero-order valence-electron chi connectivity index (χ0n) is 8.76. The molecule has 0 aliphatic carbocycles. The molecule has 0 heterocycles. The summed E-state index contributed by atoms with van der Waals surface area (Å²) in [5, 5.41) is 11.6. The van der Waals surface area contributed by atoms with Crippen molar-refractivity contribution >= 4 is 5.91 Å².